The molecular weight excluding hydrogens is 380 g/mol. The van der Waals surface area contributed by atoms with Crippen molar-refractivity contribution in [2.75, 3.05) is 6.54 Å². The van der Waals surface area contributed by atoms with Gasteiger partial charge in [-0.1, -0.05) is 47.9 Å². The summed E-state index contributed by atoms with van der Waals surface area (Å²) in [6.07, 6.45) is 5.34. The molecule has 7 nitrogen and oxygen atoms in total. The highest BCUT2D eigenvalue weighted by Gasteiger charge is 2.16. The van der Waals surface area contributed by atoms with Crippen LogP contribution >= 0.6 is 11.6 Å². The van der Waals surface area contributed by atoms with E-state index in [0.29, 0.717) is 10.9 Å². The van der Waals surface area contributed by atoms with Gasteiger partial charge in [0.15, 0.2) is 5.69 Å². The molecule has 0 fully saturated rings. The number of fused-ring (bicyclic) bond motifs is 1. The Kier molecular flexibility index (Phi) is 5.72. The molecule has 0 aliphatic carbocycles. The van der Waals surface area contributed by atoms with Crippen LogP contribution in [0.15, 0.2) is 58.8 Å². The third-order valence-corrected chi connectivity index (χ3v) is 4.28. The molecule has 2 amide bonds. The van der Waals surface area contributed by atoms with Gasteiger partial charge in [-0.05, 0) is 18.2 Å². The summed E-state index contributed by atoms with van der Waals surface area (Å²) in [5.41, 5.74) is 1.06. The maximum absolute atomic E-state index is 12.1. The number of hydrogen-bond acceptors (Lipinski definition) is 4. The van der Waals surface area contributed by atoms with E-state index < -0.39 is 11.8 Å². The van der Waals surface area contributed by atoms with Crippen molar-refractivity contribution >= 4 is 40.0 Å². The molecule has 0 aliphatic heterocycles. The molecule has 1 aromatic heterocycles. The molecule has 0 radical (unpaired) electrons. The van der Waals surface area contributed by atoms with E-state index in [9.17, 15) is 14.7 Å². The summed E-state index contributed by atoms with van der Waals surface area (Å²) in [5, 5.41) is 21.1. The van der Waals surface area contributed by atoms with Gasteiger partial charge in [0, 0.05) is 5.39 Å². The maximum Gasteiger partial charge on any atom is 0.283 e. The van der Waals surface area contributed by atoms with Gasteiger partial charge in [-0.3, -0.25) is 14.2 Å². The number of aromatic nitrogens is 1. The highest BCUT2D eigenvalue weighted by atomic mass is 35.5. The summed E-state index contributed by atoms with van der Waals surface area (Å²) in [4.78, 5) is 24.1. The lowest BCUT2D eigenvalue weighted by Crippen LogP contribution is -2.28. The van der Waals surface area contributed by atoms with Crippen LogP contribution in [0.3, 0.4) is 0 Å². The number of aromatic hydroxyl groups is 1. The molecule has 0 bridgehead atoms. The van der Waals surface area contributed by atoms with Gasteiger partial charge in [-0.25, -0.2) is 0 Å². The van der Waals surface area contributed by atoms with Gasteiger partial charge in [0.1, 0.15) is 6.54 Å². The van der Waals surface area contributed by atoms with Crippen LogP contribution in [0.4, 0.5) is 5.69 Å². The SMILES string of the molecule is C#CCn1c(O)c(N=NC(=O)CNC(=O)c2ccccc2Cl)c2ccccc21. The molecule has 0 saturated heterocycles. The largest absolute Gasteiger partial charge is 0.493 e. The van der Waals surface area contributed by atoms with Gasteiger partial charge >= 0.3 is 0 Å². The minimum Gasteiger partial charge on any atom is -0.493 e. The van der Waals surface area contributed by atoms with Gasteiger partial charge in [0.05, 0.1) is 22.6 Å². The first-order valence-electron chi connectivity index (χ1n) is 8.24. The monoisotopic (exact) mass is 394 g/mol. The molecule has 1 heterocycles. The van der Waals surface area contributed by atoms with Crippen LogP contribution in [-0.2, 0) is 11.3 Å². The van der Waals surface area contributed by atoms with Crippen molar-refractivity contribution in [2.45, 2.75) is 6.54 Å². The summed E-state index contributed by atoms with van der Waals surface area (Å²) in [6.45, 7) is -0.221. The zero-order chi connectivity index (χ0) is 20.1. The van der Waals surface area contributed by atoms with E-state index in [4.69, 9.17) is 18.0 Å². The van der Waals surface area contributed by atoms with E-state index in [1.807, 2.05) is 0 Å². The maximum atomic E-state index is 12.1. The summed E-state index contributed by atoms with van der Waals surface area (Å²) < 4.78 is 1.49. The van der Waals surface area contributed by atoms with Crippen molar-refractivity contribution in [3.8, 4) is 18.2 Å². The molecule has 0 saturated carbocycles. The number of amides is 2. The Hall–Kier alpha value is -3.63. The summed E-state index contributed by atoms with van der Waals surface area (Å²) in [6, 6.07) is 13.6. The standard InChI is InChI=1S/C20H15ClN4O3/c1-2-11-25-16-10-6-4-8-14(16)18(20(25)28)24-23-17(26)12-22-19(27)13-7-3-5-9-15(13)21/h1,3-10,28H,11-12H2,(H,22,27). The predicted molar refractivity (Wildman–Crippen MR) is 106 cm³/mol. The van der Waals surface area contributed by atoms with Crippen molar-refractivity contribution in [1.29, 1.82) is 0 Å². The van der Waals surface area contributed by atoms with Crippen LogP contribution in [0.25, 0.3) is 10.9 Å². The summed E-state index contributed by atoms with van der Waals surface area (Å²) in [7, 11) is 0. The smallest absolute Gasteiger partial charge is 0.283 e. The number of nitrogens with one attached hydrogen (secondary N) is 1. The Bertz CT molecular complexity index is 1130. The van der Waals surface area contributed by atoms with Crippen LogP contribution < -0.4 is 5.32 Å². The number of rotatable bonds is 5. The first kappa shape index (κ1) is 19.1. The predicted octanol–water partition coefficient (Wildman–Crippen LogP) is 3.67. The second-order valence-electron chi connectivity index (χ2n) is 5.74. The third-order valence-electron chi connectivity index (χ3n) is 3.95. The number of carbonyl (C=O) groups is 2. The molecule has 2 N–H and O–H groups in total. The molecule has 0 aliphatic rings. The minimum absolute atomic E-state index is 0.136. The molecule has 28 heavy (non-hydrogen) atoms. The van der Waals surface area contributed by atoms with Crippen molar-refractivity contribution in [1.82, 2.24) is 9.88 Å². The van der Waals surface area contributed by atoms with Crippen molar-refractivity contribution < 1.29 is 14.7 Å². The molecular formula is C20H15ClN4O3. The Morgan fingerprint density at radius 2 is 1.89 bits per heavy atom. The Morgan fingerprint density at radius 1 is 1.18 bits per heavy atom. The van der Waals surface area contributed by atoms with E-state index in [-0.39, 0.29) is 35.2 Å². The third kappa shape index (κ3) is 3.87. The number of hydrogen-bond donors (Lipinski definition) is 2. The second-order valence-corrected chi connectivity index (χ2v) is 6.14. The molecule has 140 valence electrons. The van der Waals surface area contributed by atoms with Crippen molar-refractivity contribution in [3.05, 3.63) is 59.1 Å². The first-order valence-corrected chi connectivity index (χ1v) is 8.61. The number of azo groups is 1. The number of nitrogens with zero attached hydrogens (tertiary/aromatic N) is 3. The lowest BCUT2D eigenvalue weighted by molar-refractivity contribution is -0.117. The molecule has 8 heteroatoms. The topological polar surface area (TPSA) is 96.0 Å². The lowest BCUT2D eigenvalue weighted by atomic mass is 10.2. The zero-order valence-corrected chi connectivity index (χ0v) is 15.3. The number of para-hydroxylation sites is 1. The number of halogens is 1. The molecule has 0 atom stereocenters. The van der Waals surface area contributed by atoms with Crippen molar-refractivity contribution in [3.63, 3.8) is 0 Å². The Balaban J connectivity index is 1.75. The number of terminal acetylenes is 1. The average Bonchev–Trinajstić information content (AvgIpc) is 2.96. The van der Waals surface area contributed by atoms with Gasteiger partial charge in [-0.15, -0.1) is 16.7 Å². The Morgan fingerprint density at radius 3 is 2.64 bits per heavy atom. The molecule has 0 spiro atoms. The van der Waals surface area contributed by atoms with Gasteiger partial charge < -0.3 is 10.4 Å². The lowest BCUT2D eigenvalue weighted by Gasteiger charge is -2.03. The minimum atomic E-state index is -0.686. The molecule has 3 aromatic rings. The van der Waals surface area contributed by atoms with Crippen LogP contribution in [0.1, 0.15) is 10.4 Å². The quantitative estimate of drug-likeness (QED) is 0.510. The second kappa shape index (κ2) is 8.37. The molecule has 3 rings (SSSR count). The van der Waals surface area contributed by atoms with E-state index in [1.54, 1.807) is 48.5 Å². The van der Waals surface area contributed by atoms with Crippen LogP contribution in [0.2, 0.25) is 5.02 Å². The zero-order valence-electron chi connectivity index (χ0n) is 14.6. The van der Waals surface area contributed by atoms with Crippen molar-refractivity contribution in [2.24, 2.45) is 10.2 Å². The fourth-order valence-electron chi connectivity index (χ4n) is 2.66. The van der Waals surface area contributed by atoms with E-state index >= 15 is 0 Å². The fourth-order valence-corrected chi connectivity index (χ4v) is 2.88. The molecule has 0 unspecified atom stereocenters. The van der Waals surface area contributed by atoms with Crippen LogP contribution in [0.5, 0.6) is 5.88 Å². The number of benzene rings is 2. The van der Waals surface area contributed by atoms with Gasteiger partial charge in [-0.2, -0.15) is 0 Å². The highest BCUT2D eigenvalue weighted by molar-refractivity contribution is 6.33. The van der Waals surface area contributed by atoms with Crippen LogP contribution in [-0.4, -0.2) is 28.0 Å². The highest BCUT2D eigenvalue weighted by Crippen LogP contribution is 2.38. The molecule has 2 aromatic carbocycles. The normalized spacial score (nSPS) is 10.9. The van der Waals surface area contributed by atoms with Gasteiger partial charge in [0.2, 0.25) is 5.88 Å². The average molecular weight is 395 g/mol. The van der Waals surface area contributed by atoms with E-state index in [1.165, 1.54) is 4.57 Å². The summed E-state index contributed by atoms with van der Waals surface area (Å²) in [5.74, 6) is 1.08. The Labute approximate surface area is 165 Å². The van der Waals surface area contributed by atoms with Crippen LogP contribution in [0, 0.1) is 12.3 Å². The first-order chi connectivity index (χ1) is 13.5. The van der Waals surface area contributed by atoms with E-state index in [2.05, 4.69) is 21.5 Å². The number of carbonyl (C=O) groups excluding carboxylic acids is 2. The fraction of sp³-hybridized carbons (Fsp3) is 0.100. The van der Waals surface area contributed by atoms with E-state index in [0.717, 1.165) is 0 Å². The van der Waals surface area contributed by atoms with Gasteiger partial charge in [0.25, 0.3) is 11.8 Å². The summed E-state index contributed by atoms with van der Waals surface area (Å²) >= 11 is 5.94.